The van der Waals surface area contributed by atoms with Crippen LogP contribution in [0.2, 0.25) is 0 Å². The summed E-state index contributed by atoms with van der Waals surface area (Å²) in [5.74, 6) is 0.508. The molecule has 0 atom stereocenters. The number of benzene rings is 2. The van der Waals surface area contributed by atoms with E-state index < -0.39 is 0 Å². The first-order valence-electron chi connectivity index (χ1n) is 10.3. The topological polar surface area (TPSA) is 54.9 Å². The monoisotopic (exact) mass is 527 g/mol. The molecular formula is C23H31FIN3O2. The van der Waals surface area contributed by atoms with Crippen molar-refractivity contribution < 1.29 is 13.9 Å². The van der Waals surface area contributed by atoms with Crippen molar-refractivity contribution >= 4 is 29.9 Å². The highest BCUT2D eigenvalue weighted by molar-refractivity contribution is 14.0. The standard InChI is InChI=1S/C23H30FN3O2.HI/c1-2-25-23(27-16-19-7-9-21(24)10-8-19)26-15-18-3-5-20(6-4-18)17-29-22-11-13-28-14-12-22;/h3-10,22H,2,11-17H2,1H3,(H2,25,26,27);1H. The Balaban J connectivity index is 0.00000320. The molecule has 30 heavy (non-hydrogen) atoms. The fraction of sp³-hybridized carbons (Fsp3) is 0.435. The van der Waals surface area contributed by atoms with Crippen molar-refractivity contribution in [2.75, 3.05) is 19.8 Å². The maximum Gasteiger partial charge on any atom is 0.191 e. The maximum absolute atomic E-state index is 13.0. The van der Waals surface area contributed by atoms with E-state index in [9.17, 15) is 4.39 Å². The SMILES string of the molecule is CCNC(=NCc1ccc(F)cc1)NCc1ccc(COC2CCOCC2)cc1.I. The summed E-state index contributed by atoms with van der Waals surface area (Å²) in [5.41, 5.74) is 3.32. The van der Waals surface area contributed by atoms with Gasteiger partial charge in [0.2, 0.25) is 0 Å². The number of rotatable bonds is 8. The van der Waals surface area contributed by atoms with Crippen molar-refractivity contribution in [2.45, 2.75) is 45.6 Å². The minimum atomic E-state index is -0.232. The summed E-state index contributed by atoms with van der Waals surface area (Å²) in [5, 5.41) is 6.58. The van der Waals surface area contributed by atoms with Crippen LogP contribution in [0.5, 0.6) is 0 Å². The highest BCUT2D eigenvalue weighted by atomic mass is 127. The third-order valence-electron chi connectivity index (χ3n) is 4.81. The lowest BCUT2D eigenvalue weighted by atomic mass is 10.1. The molecular weight excluding hydrogens is 496 g/mol. The largest absolute Gasteiger partial charge is 0.381 e. The minimum Gasteiger partial charge on any atom is -0.381 e. The molecule has 1 heterocycles. The number of hydrogen-bond donors (Lipinski definition) is 2. The fourth-order valence-electron chi connectivity index (χ4n) is 3.10. The Bertz CT molecular complexity index is 763. The number of aliphatic imine (C=N–C) groups is 1. The van der Waals surface area contributed by atoms with Crippen molar-refractivity contribution in [3.05, 3.63) is 71.0 Å². The van der Waals surface area contributed by atoms with E-state index in [1.54, 1.807) is 12.1 Å². The van der Waals surface area contributed by atoms with Crippen LogP contribution in [-0.4, -0.2) is 31.8 Å². The Morgan fingerprint density at radius 3 is 2.30 bits per heavy atom. The van der Waals surface area contributed by atoms with E-state index in [0.717, 1.165) is 44.1 Å². The van der Waals surface area contributed by atoms with Gasteiger partial charge in [-0.25, -0.2) is 9.38 Å². The van der Waals surface area contributed by atoms with Gasteiger partial charge >= 0.3 is 0 Å². The molecule has 2 N–H and O–H groups in total. The molecule has 0 amide bonds. The number of nitrogens with zero attached hydrogens (tertiary/aromatic N) is 1. The molecule has 0 aromatic heterocycles. The zero-order valence-electron chi connectivity index (χ0n) is 17.4. The van der Waals surface area contributed by atoms with Crippen LogP contribution < -0.4 is 10.6 Å². The third kappa shape index (κ3) is 8.57. The molecule has 164 valence electrons. The molecule has 1 aliphatic rings. The van der Waals surface area contributed by atoms with E-state index in [4.69, 9.17) is 9.47 Å². The molecule has 1 saturated heterocycles. The molecule has 0 unspecified atom stereocenters. The Morgan fingerprint density at radius 1 is 1.00 bits per heavy atom. The van der Waals surface area contributed by atoms with Crippen molar-refractivity contribution in [3.63, 3.8) is 0 Å². The summed E-state index contributed by atoms with van der Waals surface area (Å²) in [7, 11) is 0. The lowest BCUT2D eigenvalue weighted by Gasteiger charge is -2.22. The average Bonchev–Trinajstić information content (AvgIpc) is 2.77. The number of nitrogens with one attached hydrogen (secondary N) is 2. The Labute approximate surface area is 195 Å². The summed E-state index contributed by atoms with van der Waals surface area (Å²) >= 11 is 0. The summed E-state index contributed by atoms with van der Waals surface area (Å²) in [4.78, 5) is 4.57. The first kappa shape index (κ1) is 24.6. The molecule has 0 aliphatic carbocycles. The van der Waals surface area contributed by atoms with Crippen molar-refractivity contribution in [1.29, 1.82) is 0 Å². The van der Waals surface area contributed by atoms with Crippen molar-refractivity contribution in [1.82, 2.24) is 10.6 Å². The third-order valence-corrected chi connectivity index (χ3v) is 4.81. The van der Waals surface area contributed by atoms with Crippen LogP contribution in [0, 0.1) is 5.82 Å². The number of ether oxygens (including phenoxy) is 2. The van der Waals surface area contributed by atoms with Gasteiger partial charge in [-0.1, -0.05) is 36.4 Å². The number of hydrogen-bond acceptors (Lipinski definition) is 3. The highest BCUT2D eigenvalue weighted by Crippen LogP contribution is 2.14. The smallest absolute Gasteiger partial charge is 0.191 e. The average molecular weight is 527 g/mol. The summed E-state index contributed by atoms with van der Waals surface area (Å²) in [6.07, 6.45) is 2.27. The van der Waals surface area contributed by atoms with Crippen LogP contribution in [0.1, 0.15) is 36.5 Å². The Kier molecular flexibility index (Phi) is 11.1. The van der Waals surface area contributed by atoms with E-state index in [2.05, 4.69) is 39.9 Å². The van der Waals surface area contributed by atoms with E-state index in [-0.39, 0.29) is 29.8 Å². The fourth-order valence-corrected chi connectivity index (χ4v) is 3.10. The summed E-state index contributed by atoms with van der Waals surface area (Å²) < 4.78 is 24.3. The number of guanidine groups is 1. The van der Waals surface area contributed by atoms with Gasteiger partial charge in [-0.15, -0.1) is 24.0 Å². The first-order chi connectivity index (χ1) is 14.2. The van der Waals surface area contributed by atoms with E-state index in [1.807, 2.05) is 6.92 Å². The van der Waals surface area contributed by atoms with E-state index >= 15 is 0 Å². The highest BCUT2D eigenvalue weighted by Gasteiger charge is 2.13. The van der Waals surface area contributed by atoms with Crippen LogP contribution >= 0.6 is 24.0 Å². The van der Waals surface area contributed by atoms with E-state index in [1.165, 1.54) is 23.3 Å². The molecule has 3 rings (SSSR count). The van der Waals surface area contributed by atoms with Gasteiger partial charge in [0.15, 0.2) is 5.96 Å². The normalized spacial score (nSPS) is 14.8. The van der Waals surface area contributed by atoms with Gasteiger partial charge in [0.1, 0.15) is 5.82 Å². The predicted octanol–water partition coefficient (Wildman–Crippen LogP) is 4.39. The van der Waals surface area contributed by atoms with Crippen LogP contribution in [0.15, 0.2) is 53.5 Å². The van der Waals surface area contributed by atoms with Gasteiger partial charge in [-0.3, -0.25) is 0 Å². The Morgan fingerprint density at radius 2 is 1.63 bits per heavy atom. The molecule has 5 nitrogen and oxygen atoms in total. The van der Waals surface area contributed by atoms with Gasteiger partial charge in [0, 0.05) is 26.3 Å². The first-order valence-corrected chi connectivity index (χ1v) is 10.3. The van der Waals surface area contributed by atoms with Gasteiger partial charge in [0.25, 0.3) is 0 Å². The molecule has 0 bridgehead atoms. The van der Waals surface area contributed by atoms with Crippen LogP contribution in [-0.2, 0) is 29.2 Å². The second-order valence-electron chi connectivity index (χ2n) is 7.11. The van der Waals surface area contributed by atoms with Gasteiger partial charge in [0.05, 0.1) is 19.3 Å². The van der Waals surface area contributed by atoms with Crippen molar-refractivity contribution in [2.24, 2.45) is 4.99 Å². The quantitative estimate of drug-likeness (QED) is 0.304. The molecule has 0 radical (unpaired) electrons. The zero-order valence-corrected chi connectivity index (χ0v) is 19.7. The second kappa shape index (κ2) is 13.6. The molecule has 7 heteroatoms. The molecule has 2 aromatic carbocycles. The van der Waals surface area contributed by atoms with Crippen LogP contribution in [0.4, 0.5) is 4.39 Å². The minimum absolute atomic E-state index is 0. The summed E-state index contributed by atoms with van der Waals surface area (Å²) in [6.45, 7) is 6.22. The van der Waals surface area contributed by atoms with Crippen LogP contribution in [0.25, 0.3) is 0 Å². The molecule has 2 aromatic rings. The molecule has 1 fully saturated rings. The predicted molar refractivity (Wildman–Crippen MR) is 129 cm³/mol. The summed E-state index contributed by atoms with van der Waals surface area (Å²) in [6, 6.07) is 14.9. The molecule has 0 spiro atoms. The van der Waals surface area contributed by atoms with Crippen molar-refractivity contribution in [3.8, 4) is 0 Å². The molecule has 1 aliphatic heterocycles. The van der Waals surface area contributed by atoms with Gasteiger partial charge < -0.3 is 20.1 Å². The lowest BCUT2D eigenvalue weighted by molar-refractivity contribution is -0.0390. The zero-order chi connectivity index (χ0) is 20.3. The Hall–Kier alpha value is -1.71. The lowest BCUT2D eigenvalue weighted by Crippen LogP contribution is -2.36. The second-order valence-corrected chi connectivity index (χ2v) is 7.11. The van der Waals surface area contributed by atoms with Crippen LogP contribution in [0.3, 0.4) is 0 Å². The maximum atomic E-state index is 13.0. The van der Waals surface area contributed by atoms with Gasteiger partial charge in [-0.05, 0) is 48.6 Å². The molecule has 0 saturated carbocycles. The van der Waals surface area contributed by atoms with Gasteiger partial charge in [-0.2, -0.15) is 0 Å². The number of halogens is 2. The van der Waals surface area contributed by atoms with E-state index in [0.29, 0.717) is 25.8 Å².